The molecule has 4 nitrogen and oxygen atoms in total. The van der Waals surface area contributed by atoms with Crippen LogP contribution in [-0.4, -0.2) is 16.8 Å². The van der Waals surface area contributed by atoms with E-state index >= 15 is 0 Å². The molecule has 6 heteroatoms. The molecule has 0 atom stereocenters. The van der Waals surface area contributed by atoms with Crippen LogP contribution in [0.25, 0.3) is 0 Å². The number of hydrogen-bond acceptors (Lipinski definition) is 5. The second-order valence-corrected chi connectivity index (χ2v) is 3.71. The van der Waals surface area contributed by atoms with Crippen LogP contribution in [0.2, 0.25) is 0 Å². The first-order valence-corrected chi connectivity index (χ1v) is 4.24. The Morgan fingerprint density at radius 3 is 3.09 bits per heavy atom. The molecule has 1 rings (SSSR count). The predicted octanol–water partition coefficient (Wildman–Crippen LogP) is 1.28. The Labute approximate surface area is 76.1 Å². The van der Waals surface area contributed by atoms with Crippen LogP contribution < -0.4 is 5.48 Å². The smallest absolute Gasteiger partial charge is 0.230 e. The SMILES string of the molecule is C#CCONc1nnc(Br)s1. The fraction of sp³-hybridized carbons (Fsp3) is 0.200. The van der Waals surface area contributed by atoms with Gasteiger partial charge in [0.05, 0.1) is 0 Å². The molecule has 58 valence electrons. The van der Waals surface area contributed by atoms with Crippen molar-refractivity contribution in [1.29, 1.82) is 0 Å². The molecule has 0 amide bonds. The normalized spacial score (nSPS) is 9.09. The molecule has 0 unspecified atom stereocenters. The highest BCUT2D eigenvalue weighted by Crippen LogP contribution is 2.19. The summed E-state index contributed by atoms with van der Waals surface area (Å²) in [7, 11) is 0. The van der Waals surface area contributed by atoms with Gasteiger partial charge in [0.1, 0.15) is 6.61 Å². The number of hydrogen-bond donors (Lipinski definition) is 1. The van der Waals surface area contributed by atoms with Crippen molar-refractivity contribution in [1.82, 2.24) is 10.2 Å². The molecule has 1 N–H and O–H groups in total. The van der Waals surface area contributed by atoms with Crippen molar-refractivity contribution in [3.8, 4) is 12.3 Å². The number of nitrogens with zero attached hydrogens (tertiary/aromatic N) is 2. The summed E-state index contributed by atoms with van der Waals surface area (Å²) in [6, 6.07) is 0. The number of halogens is 1. The van der Waals surface area contributed by atoms with Crippen LogP contribution in [-0.2, 0) is 4.84 Å². The Morgan fingerprint density at radius 1 is 1.73 bits per heavy atom. The second kappa shape index (κ2) is 4.28. The molecule has 0 aliphatic rings. The highest BCUT2D eigenvalue weighted by atomic mass is 79.9. The Bertz CT molecular complexity index is 269. The molecule has 1 aromatic heterocycles. The maximum absolute atomic E-state index is 4.94. The van der Waals surface area contributed by atoms with E-state index in [1.54, 1.807) is 0 Å². The van der Waals surface area contributed by atoms with E-state index < -0.39 is 0 Å². The van der Waals surface area contributed by atoms with Gasteiger partial charge in [-0.05, 0) is 15.9 Å². The van der Waals surface area contributed by atoms with Crippen molar-refractivity contribution >= 4 is 32.4 Å². The van der Waals surface area contributed by atoms with Crippen molar-refractivity contribution in [3.63, 3.8) is 0 Å². The fourth-order valence-corrected chi connectivity index (χ4v) is 1.35. The average Bonchev–Trinajstić information content (AvgIpc) is 2.37. The molecule has 1 heterocycles. The van der Waals surface area contributed by atoms with E-state index in [0.717, 1.165) is 0 Å². The number of rotatable bonds is 3. The van der Waals surface area contributed by atoms with Gasteiger partial charge in [-0.3, -0.25) is 4.84 Å². The molecule has 0 aromatic carbocycles. The molecule has 11 heavy (non-hydrogen) atoms. The molecule has 1 aromatic rings. The summed E-state index contributed by atoms with van der Waals surface area (Å²) in [5.41, 5.74) is 2.54. The van der Waals surface area contributed by atoms with Gasteiger partial charge in [0.15, 0.2) is 3.92 Å². The van der Waals surface area contributed by atoms with Gasteiger partial charge in [-0.1, -0.05) is 17.3 Å². The first kappa shape index (κ1) is 8.46. The summed E-state index contributed by atoms with van der Waals surface area (Å²) >= 11 is 4.48. The summed E-state index contributed by atoms with van der Waals surface area (Å²) in [5.74, 6) is 2.30. The van der Waals surface area contributed by atoms with Crippen LogP contribution in [0.1, 0.15) is 0 Å². The summed E-state index contributed by atoms with van der Waals surface area (Å²) in [6.45, 7) is 0.206. The van der Waals surface area contributed by atoms with Crippen LogP contribution in [0.5, 0.6) is 0 Å². The second-order valence-electron chi connectivity index (χ2n) is 1.46. The van der Waals surface area contributed by atoms with Crippen LogP contribution in [0.3, 0.4) is 0 Å². The maximum atomic E-state index is 4.94. The third-order valence-electron chi connectivity index (χ3n) is 0.715. The topological polar surface area (TPSA) is 47.0 Å². The van der Waals surface area contributed by atoms with Gasteiger partial charge in [0, 0.05) is 0 Å². The van der Waals surface area contributed by atoms with Crippen molar-refractivity contribution < 1.29 is 4.84 Å². The van der Waals surface area contributed by atoms with Gasteiger partial charge in [0.25, 0.3) is 0 Å². The van der Waals surface area contributed by atoms with Gasteiger partial charge >= 0.3 is 0 Å². The molecule has 0 saturated heterocycles. The first-order valence-electron chi connectivity index (χ1n) is 2.63. The average molecular weight is 234 g/mol. The zero-order valence-electron chi connectivity index (χ0n) is 5.37. The minimum Gasteiger partial charge on any atom is -0.261 e. The van der Waals surface area contributed by atoms with Gasteiger partial charge in [-0.2, -0.15) is 0 Å². The predicted molar refractivity (Wildman–Crippen MR) is 46.0 cm³/mol. The highest BCUT2D eigenvalue weighted by molar-refractivity contribution is 9.11. The zero-order valence-corrected chi connectivity index (χ0v) is 7.78. The lowest BCUT2D eigenvalue weighted by Crippen LogP contribution is -2.00. The quantitative estimate of drug-likeness (QED) is 0.486. The zero-order chi connectivity index (χ0) is 8.10. The number of terminal acetylenes is 1. The lowest BCUT2D eigenvalue weighted by Gasteiger charge is -1.95. The van der Waals surface area contributed by atoms with Crippen molar-refractivity contribution in [2.75, 3.05) is 12.1 Å². The standard InChI is InChI=1S/C5H4BrN3OS/c1-2-3-10-9-5-8-7-4(6)11-5/h1H,3H2,(H,8,9). The Morgan fingerprint density at radius 2 is 2.55 bits per heavy atom. The molecule has 0 radical (unpaired) electrons. The van der Waals surface area contributed by atoms with Crippen molar-refractivity contribution in [2.24, 2.45) is 0 Å². The minimum absolute atomic E-state index is 0.206. The molecular formula is C5H4BrN3OS. The van der Waals surface area contributed by atoms with E-state index in [9.17, 15) is 0 Å². The van der Waals surface area contributed by atoms with Crippen LogP contribution in [0.15, 0.2) is 3.92 Å². The van der Waals surface area contributed by atoms with Gasteiger partial charge < -0.3 is 0 Å². The van der Waals surface area contributed by atoms with E-state index in [0.29, 0.717) is 9.05 Å². The molecule has 0 aliphatic carbocycles. The Kier molecular flexibility index (Phi) is 3.29. The molecule has 0 fully saturated rings. The fourth-order valence-electron chi connectivity index (χ4n) is 0.386. The molecule has 0 saturated carbocycles. The van der Waals surface area contributed by atoms with Crippen LogP contribution in [0, 0.1) is 12.3 Å². The van der Waals surface area contributed by atoms with Crippen LogP contribution >= 0.6 is 27.3 Å². The molecule has 0 aliphatic heterocycles. The lowest BCUT2D eigenvalue weighted by molar-refractivity contribution is 0.233. The number of nitrogens with one attached hydrogen (secondary N) is 1. The van der Waals surface area contributed by atoms with Gasteiger partial charge in [-0.25, -0.2) is 5.48 Å². The third kappa shape index (κ3) is 2.84. The van der Waals surface area contributed by atoms with E-state index in [-0.39, 0.29) is 6.61 Å². The molecule has 0 spiro atoms. The summed E-state index contributed by atoms with van der Waals surface area (Å²) in [5, 5.41) is 7.97. The highest BCUT2D eigenvalue weighted by Gasteiger charge is 1.98. The summed E-state index contributed by atoms with van der Waals surface area (Å²) in [4.78, 5) is 4.78. The third-order valence-corrected chi connectivity index (χ3v) is 1.97. The van der Waals surface area contributed by atoms with Gasteiger partial charge in [-0.15, -0.1) is 16.6 Å². The number of anilines is 1. The minimum atomic E-state index is 0.206. The number of aromatic nitrogens is 2. The van der Waals surface area contributed by atoms with Crippen LogP contribution in [0.4, 0.5) is 5.13 Å². The maximum Gasteiger partial charge on any atom is 0.230 e. The monoisotopic (exact) mass is 233 g/mol. The summed E-state index contributed by atoms with van der Waals surface area (Å²) in [6.07, 6.45) is 4.94. The molecule has 0 bridgehead atoms. The Balaban J connectivity index is 2.34. The molecular weight excluding hydrogens is 230 g/mol. The van der Waals surface area contributed by atoms with E-state index in [2.05, 4.69) is 37.5 Å². The van der Waals surface area contributed by atoms with Crippen molar-refractivity contribution in [2.45, 2.75) is 0 Å². The Hall–Kier alpha value is -0.640. The van der Waals surface area contributed by atoms with E-state index in [4.69, 9.17) is 11.3 Å². The largest absolute Gasteiger partial charge is 0.261 e. The van der Waals surface area contributed by atoms with Crippen molar-refractivity contribution in [3.05, 3.63) is 3.92 Å². The lowest BCUT2D eigenvalue weighted by atomic mass is 10.8. The summed E-state index contributed by atoms with van der Waals surface area (Å²) < 4.78 is 0.698. The van der Waals surface area contributed by atoms with Gasteiger partial charge in [0.2, 0.25) is 5.13 Å². The first-order chi connectivity index (χ1) is 5.33. The van der Waals surface area contributed by atoms with E-state index in [1.807, 2.05) is 0 Å². The van der Waals surface area contributed by atoms with E-state index in [1.165, 1.54) is 11.3 Å².